The number of benzene rings is 3. The minimum absolute atomic E-state index is 0.0484. The summed E-state index contributed by atoms with van der Waals surface area (Å²) in [7, 11) is 0. The summed E-state index contributed by atoms with van der Waals surface area (Å²) < 4.78 is 27.9. The molecule has 3 aromatic carbocycles. The zero-order valence-electron chi connectivity index (χ0n) is 33.5. The second-order valence-electron chi connectivity index (χ2n) is 15.1. The lowest BCUT2D eigenvalue weighted by atomic mass is 9.98. The Morgan fingerprint density at radius 2 is 0.760 bits per heavy atom. The van der Waals surface area contributed by atoms with Crippen LogP contribution in [0.5, 0.6) is 23.0 Å². The van der Waals surface area contributed by atoms with Crippen molar-refractivity contribution in [3.63, 3.8) is 0 Å². The Labute approximate surface area is 307 Å². The zero-order chi connectivity index (χ0) is 36.1. The molecule has 0 saturated heterocycles. The third-order valence-corrected chi connectivity index (χ3v) is 10.2. The first kappa shape index (κ1) is 41.8. The van der Waals surface area contributed by atoms with Crippen molar-refractivity contribution in [3.8, 4) is 23.0 Å². The number of fused-ring (bicyclic) bond motifs is 2. The molecule has 0 spiro atoms. The Kier molecular flexibility index (Phi) is 19.9. The van der Waals surface area contributed by atoms with Gasteiger partial charge in [-0.3, -0.25) is 0 Å². The summed E-state index contributed by atoms with van der Waals surface area (Å²) in [6.45, 7) is 18.0. The molecule has 0 aliphatic carbocycles. The molecule has 4 nitrogen and oxygen atoms in total. The molecule has 0 radical (unpaired) electrons. The lowest BCUT2D eigenvalue weighted by Crippen LogP contribution is -2.17. The van der Waals surface area contributed by atoms with Gasteiger partial charge in [-0.15, -0.1) is 0 Å². The monoisotopic (exact) mass is 691 g/mol. The lowest BCUT2D eigenvalue weighted by Gasteiger charge is -2.27. The molecule has 0 saturated carbocycles. The second-order valence-corrected chi connectivity index (χ2v) is 15.1. The highest BCUT2D eigenvalue weighted by Gasteiger charge is 2.26. The summed E-state index contributed by atoms with van der Waals surface area (Å²) in [5, 5.41) is 4.23. The van der Waals surface area contributed by atoms with Gasteiger partial charge in [0.1, 0.15) is 11.5 Å². The second kappa shape index (κ2) is 23.8. The van der Waals surface area contributed by atoms with Crippen LogP contribution < -0.4 is 18.9 Å². The average Bonchev–Trinajstić information content (AvgIpc) is 3.11. The fourth-order valence-electron chi connectivity index (χ4n) is 7.09. The van der Waals surface area contributed by atoms with Gasteiger partial charge in [-0.2, -0.15) is 0 Å². The van der Waals surface area contributed by atoms with Crippen molar-refractivity contribution >= 4 is 21.5 Å². The van der Waals surface area contributed by atoms with Gasteiger partial charge in [-0.25, -0.2) is 0 Å². The molecule has 4 heteroatoms. The third kappa shape index (κ3) is 13.5. The van der Waals surface area contributed by atoms with Crippen molar-refractivity contribution in [2.24, 2.45) is 0 Å². The van der Waals surface area contributed by atoms with Crippen molar-refractivity contribution in [2.45, 2.75) is 208 Å². The Hall–Kier alpha value is -2.62. The fraction of sp³-hybridized carbons (Fsp3) is 0.696. The summed E-state index contributed by atoms with van der Waals surface area (Å²) in [5.41, 5.74) is 0. The normalized spacial score (nSPS) is 14.1. The Balaban J connectivity index is 2.18. The van der Waals surface area contributed by atoms with Gasteiger partial charge >= 0.3 is 0 Å². The SMILES string of the molecule is CCCCCCC(C)Oc1ccc2c(OC(C)CCCCCC)c3ccccc3c(OC(C)CCCCCC)c2c1OC(C)CCCCCC. The molecule has 0 fully saturated rings. The van der Waals surface area contributed by atoms with E-state index in [0.29, 0.717) is 0 Å². The smallest absolute Gasteiger partial charge is 0.173 e. The fourth-order valence-corrected chi connectivity index (χ4v) is 7.09. The summed E-state index contributed by atoms with van der Waals surface area (Å²) in [6.07, 6.45) is 24.1. The van der Waals surface area contributed by atoms with Gasteiger partial charge in [-0.1, -0.05) is 129 Å². The quantitative estimate of drug-likeness (QED) is 0.0561. The lowest BCUT2D eigenvalue weighted by molar-refractivity contribution is 0.168. The van der Waals surface area contributed by atoms with Crippen LogP contribution in [0.2, 0.25) is 0 Å². The molecule has 0 aliphatic rings. The molecule has 4 unspecified atom stereocenters. The zero-order valence-corrected chi connectivity index (χ0v) is 33.5. The Morgan fingerprint density at radius 1 is 0.380 bits per heavy atom. The first-order valence-corrected chi connectivity index (χ1v) is 21.0. The third-order valence-electron chi connectivity index (χ3n) is 10.2. The molecule has 50 heavy (non-hydrogen) atoms. The maximum atomic E-state index is 7.07. The highest BCUT2D eigenvalue weighted by atomic mass is 16.5. The van der Waals surface area contributed by atoms with Gasteiger partial charge in [0, 0.05) is 16.2 Å². The highest BCUT2D eigenvalue weighted by molar-refractivity contribution is 6.14. The van der Waals surface area contributed by atoms with E-state index in [2.05, 4.69) is 91.8 Å². The number of ether oxygens (including phenoxy) is 4. The van der Waals surface area contributed by atoms with Crippen LogP contribution in [0, 0.1) is 0 Å². The number of hydrogen-bond donors (Lipinski definition) is 0. The number of rotatable bonds is 28. The van der Waals surface area contributed by atoms with E-state index in [1.165, 1.54) is 96.3 Å². The van der Waals surface area contributed by atoms with E-state index < -0.39 is 0 Å². The van der Waals surface area contributed by atoms with E-state index in [0.717, 1.165) is 76.6 Å². The molecule has 0 aromatic heterocycles. The van der Waals surface area contributed by atoms with E-state index in [4.69, 9.17) is 18.9 Å². The summed E-state index contributed by atoms with van der Waals surface area (Å²) in [4.78, 5) is 0. The average molecular weight is 691 g/mol. The van der Waals surface area contributed by atoms with Crippen molar-refractivity contribution in [2.75, 3.05) is 0 Å². The number of unbranched alkanes of at least 4 members (excludes halogenated alkanes) is 12. The highest BCUT2D eigenvalue weighted by Crippen LogP contribution is 2.51. The molecular weight excluding hydrogens is 617 g/mol. The molecule has 0 amide bonds. The van der Waals surface area contributed by atoms with Gasteiger partial charge in [0.15, 0.2) is 11.5 Å². The van der Waals surface area contributed by atoms with E-state index >= 15 is 0 Å². The van der Waals surface area contributed by atoms with Crippen LogP contribution in [0.3, 0.4) is 0 Å². The topological polar surface area (TPSA) is 36.9 Å². The Morgan fingerprint density at radius 3 is 1.20 bits per heavy atom. The maximum absolute atomic E-state index is 7.07. The van der Waals surface area contributed by atoms with Crippen LogP contribution in [-0.2, 0) is 0 Å². The van der Waals surface area contributed by atoms with Crippen LogP contribution in [0.15, 0.2) is 36.4 Å². The van der Waals surface area contributed by atoms with Crippen LogP contribution in [0.1, 0.15) is 184 Å². The first-order chi connectivity index (χ1) is 24.3. The van der Waals surface area contributed by atoms with Gasteiger partial charge in [0.05, 0.1) is 29.8 Å². The van der Waals surface area contributed by atoms with E-state index in [1.807, 2.05) is 0 Å². The molecular formula is C46H74O4. The van der Waals surface area contributed by atoms with Gasteiger partial charge < -0.3 is 18.9 Å². The largest absolute Gasteiger partial charge is 0.489 e. The van der Waals surface area contributed by atoms with Crippen molar-refractivity contribution in [3.05, 3.63) is 36.4 Å². The van der Waals surface area contributed by atoms with Crippen molar-refractivity contribution in [1.82, 2.24) is 0 Å². The number of hydrogen-bond acceptors (Lipinski definition) is 4. The molecule has 282 valence electrons. The van der Waals surface area contributed by atoms with Crippen LogP contribution in [-0.4, -0.2) is 24.4 Å². The van der Waals surface area contributed by atoms with Crippen LogP contribution in [0.4, 0.5) is 0 Å². The van der Waals surface area contributed by atoms with E-state index in [1.54, 1.807) is 0 Å². The summed E-state index contributed by atoms with van der Waals surface area (Å²) >= 11 is 0. The molecule has 0 aliphatic heterocycles. The predicted octanol–water partition coefficient (Wildman–Crippen LogP) is 14.9. The van der Waals surface area contributed by atoms with Gasteiger partial charge in [0.2, 0.25) is 0 Å². The van der Waals surface area contributed by atoms with E-state index in [9.17, 15) is 0 Å². The van der Waals surface area contributed by atoms with Gasteiger partial charge in [-0.05, 0) is 91.2 Å². The molecule has 3 rings (SSSR count). The first-order valence-electron chi connectivity index (χ1n) is 21.0. The predicted molar refractivity (Wildman–Crippen MR) is 217 cm³/mol. The van der Waals surface area contributed by atoms with Crippen molar-refractivity contribution < 1.29 is 18.9 Å². The molecule has 3 aromatic rings. The molecule has 0 bridgehead atoms. The van der Waals surface area contributed by atoms with Crippen LogP contribution in [0.25, 0.3) is 21.5 Å². The van der Waals surface area contributed by atoms with Crippen LogP contribution >= 0.6 is 0 Å². The minimum Gasteiger partial charge on any atom is -0.489 e. The maximum Gasteiger partial charge on any atom is 0.173 e. The van der Waals surface area contributed by atoms with Crippen molar-refractivity contribution in [1.29, 1.82) is 0 Å². The Bertz CT molecular complexity index is 1350. The molecule has 0 heterocycles. The summed E-state index contributed by atoms with van der Waals surface area (Å²) in [6, 6.07) is 13.0. The molecule has 4 atom stereocenters. The minimum atomic E-state index is 0.0484. The molecule has 0 N–H and O–H groups in total. The van der Waals surface area contributed by atoms with E-state index in [-0.39, 0.29) is 24.4 Å². The van der Waals surface area contributed by atoms with Gasteiger partial charge in [0.25, 0.3) is 0 Å². The summed E-state index contributed by atoms with van der Waals surface area (Å²) in [5.74, 6) is 3.46. The standard InChI is InChI=1S/C46H74O4/c1-9-13-17-21-27-35(5)47-42-34-33-41-43(46(42)50-38(8)30-24-20-16-12-4)45(49-37(7)29-23-19-15-11-3)40-32-26-25-31-39(40)44(41)48-36(6)28-22-18-14-10-2/h25-26,31-38H,9-24,27-30H2,1-8H3.